The average molecular weight is 432 g/mol. The fraction of sp³-hybridized carbons (Fsp3) is 0.150. The first-order valence-electron chi connectivity index (χ1n) is 9.72. The van der Waals surface area contributed by atoms with E-state index in [9.17, 15) is 14.8 Å². The molecule has 0 aliphatic rings. The van der Waals surface area contributed by atoms with Gasteiger partial charge in [0.25, 0.3) is 5.91 Å². The van der Waals surface area contributed by atoms with E-state index in [0.29, 0.717) is 40.9 Å². The maximum Gasteiger partial charge on any atom is 0.488 e. The van der Waals surface area contributed by atoms with Crippen molar-refractivity contribution in [2.75, 3.05) is 24.3 Å². The number of anilines is 2. The number of amides is 1. The van der Waals surface area contributed by atoms with Crippen LogP contribution < -0.4 is 21.4 Å². The molecule has 0 bridgehead atoms. The molecule has 4 rings (SSSR count). The third-order valence-electron chi connectivity index (χ3n) is 4.79. The van der Waals surface area contributed by atoms with Crippen molar-refractivity contribution < 1.29 is 14.8 Å². The van der Waals surface area contributed by atoms with Crippen LogP contribution in [0.2, 0.25) is 0 Å². The summed E-state index contributed by atoms with van der Waals surface area (Å²) in [5, 5.41) is 30.3. The molecule has 3 aromatic heterocycles. The van der Waals surface area contributed by atoms with E-state index in [-0.39, 0.29) is 5.56 Å². The topological polar surface area (TPSA) is 155 Å². The zero-order valence-electron chi connectivity index (χ0n) is 17.5. The van der Waals surface area contributed by atoms with E-state index in [2.05, 4.69) is 25.5 Å². The van der Waals surface area contributed by atoms with Gasteiger partial charge in [-0.05, 0) is 23.2 Å². The van der Waals surface area contributed by atoms with Crippen molar-refractivity contribution in [3.8, 4) is 11.6 Å². The maximum absolute atomic E-state index is 11.7. The second kappa shape index (κ2) is 8.61. The number of nitrogens with two attached hydrogens (primary N) is 1. The molecule has 12 heteroatoms. The van der Waals surface area contributed by atoms with E-state index in [1.807, 2.05) is 25.1 Å². The first-order chi connectivity index (χ1) is 15.3. The minimum atomic E-state index is -1.53. The van der Waals surface area contributed by atoms with Crippen LogP contribution in [-0.2, 0) is 6.54 Å². The Kier molecular flexibility index (Phi) is 5.71. The fourth-order valence-electron chi connectivity index (χ4n) is 3.17. The van der Waals surface area contributed by atoms with Gasteiger partial charge in [0, 0.05) is 32.9 Å². The molecule has 1 amide bonds. The lowest BCUT2D eigenvalue weighted by molar-refractivity contribution is 0.100. The zero-order chi connectivity index (χ0) is 22.8. The molecule has 3 heterocycles. The summed E-state index contributed by atoms with van der Waals surface area (Å²) in [6.45, 7) is 0.399. The Hall–Kier alpha value is -4.03. The molecule has 11 nitrogen and oxygen atoms in total. The van der Waals surface area contributed by atoms with Gasteiger partial charge in [0.2, 0.25) is 11.6 Å². The van der Waals surface area contributed by atoms with Crippen molar-refractivity contribution >= 4 is 35.8 Å². The third-order valence-corrected chi connectivity index (χ3v) is 4.79. The SMILES string of the molecule is CN(C)c1cc(NCc2cccc(B(O)O)c2)nc(-c2nnc3c(C(N)=O)cccn23)n1. The summed E-state index contributed by atoms with van der Waals surface area (Å²) in [5.74, 6) is 1.25. The van der Waals surface area contributed by atoms with Crippen molar-refractivity contribution in [1.29, 1.82) is 0 Å². The van der Waals surface area contributed by atoms with Crippen molar-refractivity contribution in [3.05, 3.63) is 59.8 Å². The minimum Gasteiger partial charge on any atom is -0.423 e. The van der Waals surface area contributed by atoms with E-state index in [1.165, 1.54) is 0 Å². The zero-order valence-corrected chi connectivity index (χ0v) is 17.5. The van der Waals surface area contributed by atoms with Gasteiger partial charge >= 0.3 is 7.12 Å². The summed E-state index contributed by atoms with van der Waals surface area (Å²) in [5.41, 5.74) is 7.26. The summed E-state index contributed by atoms with van der Waals surface area (Å²) >= 11 is 0. The Morgan fingerprint density at radius 3 is 2.69 bits per heavy atom. The number of carbonyl (C=O) groups is 1. The largest absolute Gasteiger partial charge is 0.488 e. The number of hydrogen-bond acceptors (Lipinski definition) is 9. The number of carbonyl (C=O) groups excluding carboxylic acids is 1. The van der Waals surface area contributed by atoms with E-state index >= 15 is 0 Å². The second-order valence-corrected chi connectivity index (χ2v) is 7.31. The summed E-state index contributed by atoms with van der Waals surface area (Å²) in [4.78, 5) is 22.7. The average Bonchev–Trinajstić information content (AvgIpc) is 3.21. The van der Waals surface area contributed by atoms with Crippen LogP contribution in [0.1, 0.15) is 15.9 Å². The first-order valence-corrected chi connectivity index (χ1v) is 9.72. The lowest BCUT2D eigenvalue weighted by atomic mass is 9.80. The van der Waals surface area contributed by atoms with Crippen LogP contribution in [0.25, 0.3) is 17.3 Å². The van der Waals surface area contributed by atoms with Crippen molar-refractivity contribution in [1.82, 2.24) is 24.6 Å². The highest BCUT2D eigenvalue weighted by Crippen LogP contribution is 2.22. The molecule has 0 atom stereocenters. The molecule has 0 unspecified atom stereocenters. The van der Waals surface area contributed by atoms with Crippen molar-refractivity contribution in [3.63, 3.8) is 0 Å². The number of benzene rings is 1. The Morgan fingerprint density at radius 2 is 1.97 bits per heavy atom. The highest BCUT2D eigenvalue weighted by molar-refractivity contribution is 6.58. The van der Waals surface area contributed by atoms with Crippen LogP contribution in [0, 0.1) is 0 Å². The summed E-state index contributed by atoms with van der Waals surface area (Å²) in [7, 11) is 2.18. The van der Waals surface area contributed by atoms with Gasteiger partial charge in [-0.1, -0.05) is 24.3 Å². The standard InChI is InChI=1S/C20H21BN8O3/c1-28(2)16-10-15(23-11-12-5-3-6-13(9-12)21(31)32)24-18(25-16)20-27-26-19-14(17(22)30)7-4-8-29(19)20/h3-10,31-32H,11H2,1-2H3,(H2,22,30)(H,23,24,25). The van der Waals surface area contributed by atoms with Crippen LogP contribution in [-0.4, -0.2) is 61.7 Å². The van der Waals surface area contributed by atoms with Gasteiger partial charge in [0.1, 0.15) is 11.6 Å². The summed E-state index contributed by atoms with van der Waals surface area (Å²) in [6, 6.07) is 12.0. The van der Waals surface area contributed by atoms with Gasteiger partial charge in [-0.15, -0.1) is 10.2 Å². The molecule has 0 aliphatic heterocycles. The number of nitrogens with zero attached hydrogens (tertiary/aromatic N) is 6. The molecule has 0 radical (unpaired) electrons. The lowest BCUT2D eigenvalue weighted by Gasteiger charge is -2.15. The number of fused-ring (bicyclic) bond motifs is 1. The van der Waals surface area contributed by atoms with Gasteiger partial charge in [-0.25, -0.2) is 9.97 Å². The van der Waals surface area contributed by atoms with Crippen LogP contribution in [0.5, 0.6) is 0 Å². The lowest BCUT2D eigenvalue weighted by Crippen LogP contribution is -2.30. The molecule has 4 aromatic rings. The number of aromatic nitrogens is 5. The quantitative estimate of drug-likeness (QED) is 0.287. The van der Waals surface area contributed by atoms with Gasteiger partial charge in [-0.2, -0.15) is 0 Å². The predicted molar refractivity (Wildman–Crippen MR) is 120 cm³/mol. The van der Waals surface area contributed by atoms with E-state index in [1.54, 1.807) is 47.0 Å². The van der Waals surface area contributed by atoms with Crippen LogP contribution >= 0.6 is 0 Å². The van der Waals surface area contributed by atoms with Crippen LogP contribution in [0.3, 0.4) is 0 Å². The van der Waals surface area contributed by atoms with Crippen molar-refractivity contribution in [2.45, 2.75) is 6.54 Å². The maximum atomic E-state index is 11.7. The summed E-state index contributed by atoms with van der Waals surface area (Å²) in [6.07, 6.45) is 1.71. The Balaban J connectivity index is 1.70. The van der Waals surface area contributed by atoms with Gasteiger partial charge < -0.3 is 26.0 Å². The molecular formula is C20H21BN8O3. The smallest absolute Gasteiger partial charge is 0.423 e. The molecule has 32 heavy (non-hydrogen) atoms. The highest BCUT2D eigenvalue weighted by atomic mass is 16.4. The normalized spacial score (nSPS) is 10.9. The molecule has 0 fully saturated rings. The molecule has 0 saturated heterocycles. The molecule has 5 N–H and O–H groups in total. The molecule has 0 aliphatic carbocycles. The third kappa shape index (κ3) is 4.22. The molecule has 0 spiro atoms. The molecular weight excluding hydrogens is 411 g/mol. The van der Waals surface area contributed by atoms with Crippen molar-refractivity contribution in [2.24, 2.45) is 5.73 Å². The Bertz CT molecular complexity index is 1290. The van der Waals surface area contributed by atoms with Gasteiger partial charge in [-0.3, -0.25) is 9.20 Å². The summed E-state index contributed by atoms with van der Waals surface area (Å²) < 4.78 is 1.62. The number of primary amides is 1. The van der Waals surface area contributed by atoms with Crippen LogP contribution in [0.4, 0.5) is 11.6 Å². The van der Waals surface area contributed by atoms with Gasteiger partial charge in [0.05, 0.1) is 5.56 Å². The highest BCUT2D eigenvalue weighted by Gasteiger charge is 2.18. The van der Waals surface area contributed by atoms with Gasteiger partial charge in [0.15, 0.2) is 5.65 Å². The van der Waals surface area contributed by atoms with Crippen LogP contribution in [0.15, 0.2) is 48.7 Å². The number of nitrogens with one attached hydrogen (secondary N) is 1. The van der Waals surface area contributed by atoms with E-state index in [0.717, 1.165) is 5.56 Å². The second-order valence-electron chi connectivity index (χ2n) is 7.31. The first kappa shape index (κ1) is 21.2. The Labute approximate surface area is 183 Å². The number of rotatable bonds is 7. The number of pyridine rings is 1. The molecule has 1 aromatic carbocycles. The minimum absolute atomic E-state index is 0.249. The fourth-order valence-corrected chi connectivity index (χ4v) is 3.17. The molecule has 162 valence electrons. The van der Waals surface area contributed by atoms with E-state index in [4.69, 9.17) is 5.73 Å². The predicted octanol–water partition coefficient (Wildman–Crippen LogP) is -0.357. The number of hydrogen-bond donors (Lipinski definition) is 4. The van der Waals surface area contributed by atoms with E-state index < -0.39 is 13.0 Å². The Morgan fingerprint density at radius 1 is 1.16 bits per heavy atom. The monoisotopic (exact) mass is 432 g/mol. The molecule has 0 saturated carbocycles.